The molecule has 2 bridgehead atoms. The van der Waals surface area contributed by atoms with Crippen molar-refractivity contribution < 1.29 is 27.9 Å². The lowest BCUT2D eigenvalue weighted by atomic mass is 9.97. The molecule has 3 atom stereocenters. The number of aliphatic carboxylic acids is 1. The highest BCUT2D eigenvalue weighted by Gasteiger charge is 2.50. The Morgan fingerprint density at radius 3 is 2.48 bits per heavy atom. The van der Waals surface area contributed by atoms with Gasteiger partial charge < -0.3 is 10.0 Å². The number of carbonyl (C=O) groups excluding carboxylic acids is 1. The Morgan fingerprint density at radius 2 is 1.93 bits per heavy atom. The minimum atomic E-state index is -5.08. The van der Waals surface area contributed by atoms with E-state index in [0.29, 0.717) is 17.9 Å². The van der Waals surface area contributed by atoms with Gasteiger partial charge in [0.1, 0.15) is 5.01 Å². The minimum absolute atomic E-state index is 0.135. The second kappa shape index (κ2) is 8.14. The number of alkyl halides is 3. The summed E-state index contributed by atoms with van der Waals surface area (Å²) in [6.45, 7) is 2.80. The van der Waals surface area contributed by atoms with E-state index in [0.717, 1.165) is 24.6 Å². The van der Waals surface area contributed by atoms with Crippen LogP contribution in [-0.4, -0.2) is 63.1 Å². The standard InChI is InChI=1S/C15H21N3OS.C2HF3O2/c19-15(17-6-1-2-7-17)14-11-3-4-12(9-11)18(14)10-13-16-5-8-20-13;3-2(4,5)1(6)7/h5,8,11-12,14H,1-4,6-7,9-10H2;(H,6,7)/t11?,12?,14-;/m0./s1. The first-order valence-electron chi connectivity index (χ1n) is 9.00. The molecule has 1 aromatic heterocycles. The summed E-state index contributed by atoms with van der Waals surface area (Å²) in [7, 11) is 0. The normalized spacial score (nSPS) is 27.5. The van der Waals surface area contributed by atoms with Crippen molar-refractivity contribution in [3.05, 3.63) is 16.6 Å². The van der Waals surface area contributed by atoms with Gasteiger partial charge in [0.2, 0.25) is 5.91 Å². The summed E-state index contributed by atoms with van der Waals surface area (Å²) in [5.41, 5.74) is 0. The summed E-state index contributed by atoms with van der Waals surface area (Å²) in [6.07, 6.45) is 2.86. The van der Waals surface area contributed by atoms with Gasteiger partial charge in [0, 0.05) is 30.7 Å². The molecule has 1 saturated carbocycles. The molecule has 1 aromatic rings. The lowest BCUT2D eigenvalue weighted by Crippen LogP contribution is -2.50. The van der Waals surface area contributed by atoms with Crippen LogP contribution in [0.4, 0.5) is 13.2 Å². The molecule has 0 spiro atoms. The van der Waals surface area contributed by atoms with Crippen LogP contribution in [-0.2, 0) is 16.1 Å². The Kier molecular flexibility index (Phi) is 6.05. The van der Waals surface area contributed by atoms with E-state index in [1.54, 1.807) is 11.3 Å². The molecule has 1 N–H and O–H groups in total. The lowest BCUT2D eigenvalue weighted by molar-refractivity contribution is -0.192. The number of aromatic nitrogens is 1. The summed E-state index contributed by atoms with van der Waals surface area (Å²) < 4.78 is 31.7. The Hall–Kier alpha value is -1.68. The number of nitrogens with zero attached hydrogens (tertiary/aromatic N) is 3. The second-order valence-electron chi connectivity index (χ2n) is 7.11. The quantitative estimate of drug-likeness (QED) is 0.837. The Labute approximate surface area is 159 Å². The maximum Gasteiger partial charge on any atom is 0.490 e. The number of rotatable bonds is 3. The monoisotopic (exact) mass is 405 g/mol. The molecule has 3 heterocycles. The molecule has 0 radical (unpaired) electrons. The predicted octanol–water partition coefficient (Wildman–Crippen LogP) is 2.75. The number of carboxylic acid groups (broad SMARTS) is 1. The summed E-state index contributed by atoms with van der Waals surface area (Å²) in [4.78, 5) is 30.7. The summed E-state index contributed by atoms with van der Waals surface area (Å²) in [5, 5.41) is 10.3. The molecular formula is C17H22F3N3O3S. The third-order valence-corrected chi connectivity index (χ3v) is 6.20. The highest BCUT2D eigenvalue weighted by Crippen LogP contribution is 2.44. The van der Waals surface area contributed by atoms with Gasteiger partial charge in [-0.1, -0.05) is 0 Å². The Balaban J connectivity index is 0.000000260. The average Bonchev–Trinajstić information content (AvgIpc) is 3.38. The summed E-state index contributed by atoms with van der Waals surface area (Å²) in [6, 6.07) is 0.746. The van der Waals surface area contributed by atoms with Crippen molar-refractivity contribution in [1.82, 2.24) is 14.8 Å². The van der Waals surface area contributed by atoms with Crippen LogP contribution in [0.2, 0.25) is 0 Å². The molecule has 27 heavy (non-hydrogen) atoms. The molecule has 2 saturated heterocycles. The molecular weight excluding hydrogens is 383 g/mol. The fraction of sp³-hybridized carbons (Fsp3) is 0.706. The number of hydrogen-bond acceptors (Lipinski definition) is 5. The van der Waals surface area contributed by atoms with Crippen molar-refractivity contribution in [1.29, 1.82) is 0 Å². The number of piperidine rings is 1. The third-order valence-electron chi connectivity index (χ3n) is 5.43. The number of hydrogen-bond donors (Lipinski definition) is 1. The third kappa shape index (κ3) is 4.60. The van der Waals surface area contributed by atoms with Crippen LogP contribution in [0.25, 0.3) is 0 Å². The van der Waals surface area contributed by atoms with Crippen molar-refractivity contribution in [3.8, 4) is 0 Å². The first-order chi connectivity index (χ1) is 12.8. The number of thiazole rings is 1. The van der Waals surface area contributed by atoms with Crippen molar-refractivity contribution in [2.45, 2.75) is 56.9 Å². The van der Waals surface area contributed by atoms with Gasteiger partial charge in [0.25, 0.3) is 0 Å². The zero-order chi connectivity index (χ0) is 19.6. The number of carboxylic acids is 1. The largest absolute Gasteiger partial charge is 0.490 e. The number of fused-ring (bicyclic) bond motifs is 2. The van der Waals surface area contributed by atoms with Crippen LogP contribution in [0, 0.1) is 5.92 Å². The lowest BCUT2D eigenvalue weighted by Gasteiger charge is -2.35. The van der Waals surface area contributed by atoms with Crippen LogP contribution in [0.15, 0.2) is 11.6 Å². The van der Waals surface area contributed by atoms with Crippen molar-refractivity contribution in [2.24, 2.45) is 5.92 Å². The van der Waals surface area contributed by atoms with Gasteiger partial charge in [-0.2, -0.15) is 13.2 Å². The van der Waals surface area contributed by atoms with Crippen molar-refractivity contribution >= 4 is 23.2 Å². The van der Waals surface area contributed by atoms with E-state index < -0.39 is 12.1 Å². The van der Waals surface area contributed by atoms with Crippen LogP contribution in [0.1, 0.15) is 37.1 Å². The predicted molar refractivity (Wildman–Crippen MR) is 92.1 cm³/mol. The maximum atomic E-state index is 12.8. The zero-order valence-electron chi connectivity index (χ0n) is 14.7. The molecule has 4 rings (SSSR count). The fourth-order valence-corrected chi connectivity index (χ4v) is 4.88. The molecule has 1 amide bonds. The van der Waals surface area contributed by atoms with Gasteiger partial charge in [-0.25, -0.2) is 9.78 Å². The highest BCUT2D eigenvalue weighted by molar-refractivity contribution is 7.09. The van der Waals surface area contributed by atoms with Crippen LogP contribution >= 0.6 is 11.3 Å². The van der Waals surface area contributed by atoms with Crippen LogP contribution < -0.4 is 0 Å². The summed E-state index contributed by atoms with van der Waals surface area (Å²) in [5.74, 6) is -1.77. The number of halogens is 3. The van der Waals surface area contributed by atoms with E-state index in [1.165, 1.54) is 32.1 Å². The first-order valence-corrected chi connectivity index (χ1v) is 9.88. The maximum absolute atomic E-state index is 12.8. The van der Waals surface area contributed by atoms with E-state index in [1.807, 2.05) is 11.6 Å². The molecule has 150 valence electrons. The molecule has 3 fully saturated rings. The molecule has 2 aliphatic heterocycles. The van der Waals surface area contributed by atoms with Crippen LogP contribution in [0.5, 0.6) is 0 Å². The van der Waals surface area contributed by atoms with Crippen molar-refractivity contribution in [2.75, 3.05) is 13.1 Å². The van der Waals surface area contributed by atoms with E-state index in [9.17, 15) is 18.0 Å². The molecule has 1 aliphatic carbocycles. The molecule has 10 heteroatoms. The first kappa shape index (κ1) is 20.1. The minimum Gasteiger partial charge on any atom is -0.475 e. The van der Waals surface area contributed by atoms with Crippen LogP contribution in [0.3, 0.4) is 0 Å². The summed E-state index contributed by atoms with van der Waals surface area (Å²) >= 11 is 1.71. The molecule has 6 nitrogen and oxygen atoms in total. The highest BCUT2D eigenvalue weighted by atomic mass is 32.1. The number of carbonyl (C=O) groups is 2. The fourth-order valence-electron chi connectivity index (χ4n) is 4.26. The number of likely N-dealkylation sites (tertiary alicyclic amines) is 2. The second-order valence-corrected chi connectivity index (χ2v) is 8.08. The van der Waals surface area contributed by atoms with E-state index in [-0.39, 0.29) is 6.04 Å². The van der Waals surface area contributed by atoms with Gasteiger partial charge >= 0.3 is 12.1 Å². The topological polar surface area (TPSA) is 73.7 Å². The Bertz CT molecular complexity index is 662. The SMILES string of the molecule is O=C(O)C(F)(F)F.O=C([C@@H]1C2CCC(C2)N1Cc1nccs1)N1CCCC1. The molecule has 2 unspecified atom stereocenters. The Morgan fingerprint density at radius 1 is 1.26 bits per heavy atom. The van der Waals surface area contributed by atoms with Crippen molar-refractivity contribution in [3.63, 3.8) is 0 Å². The van der Waals surface area contributed by atoms with Gasteiger partial charge in [0.05, 0.1) is 12.6 Å². The van der Waals surface area contributed by atoms with E-state index in [4.69, 9.17) is 9.90 Å². The van der Waals surface area contributed by atoms with E-state index >= 15 is 0 Å². The van der Waals surface area contributed by atoms with Gasteiger partial charge in [-0.15, -0.1) is 11.3 Å². The van der Waals surface area contributed by atoms with Gasteiger partial charge in [-0.3, -0.25) is 9.69 Å². The van der Waals surface area contributed by atoms with Gasteiger partial charge in [0.15, 0.2) is 0 Å². The average molecular weight is 405 g/mol. The van der Waals surface area contributed by atoms with Gasteiger partial charge in [-0.05, 0) is 38.0 Å². The molecule has 3 aliphatic rings. The number of amides is 1. The smallest absolute Gasteiger partial charge is 0.475 e. The molecule has 0 aromatic carbocycles. The zero-order valence-corrected chi connectivity index (χ0v) is 15.5. The van der Waals surface area contributed by atoms with E-state index in [2.05, 4.69) is 14.8 Å².